The van der Waals surface area contributed by atoms with Gasteiger partial charge >= 0.3 is 0 Å². The van der Waals surface area contributed by atoms with Crippen LogP contribution in [0.5, 0.6) is 0 Å². The van der Waals surface area contributed by atoms with Gasteiger partial charge in [0.1, 0.15) is 5.82 Å². The van der Waals surface area contributed by atoms with Gasteiger partial charge in [0, 0.05) is 11.6 Å². The summed E-state index contributed by atoms with van der Waals surface area (Å²) in [6.07, 6.45) is 0.576. The highest BCUT2D eigenvalue weighted by Crippen LogP contribution is 2.14. The molecule has 1 aromatic carbocycles. The molecule has 2 nitrogen and oxygen atoms in total. The highest BCUT2D eigenvalue weighted by molar-refractivity contribution is 6.30. The van der Waals surface area contributed by atoms with Gasteiger partial charge in [-0.3, -0.25) is 0 Å². The molecule has 0 heterocycles. The third-order valence-electron chi connectivity index (χ3n) is 1.87. The van der Waals surface area contributed by atoms with Gasteiger partial charge in [-0.05, 0) is 36.7 Å². The van der Waals surface area contributed by atoms with E-state index >= 15 is 0 Å². The number of halogens is 2. The zero-order valence-corrected chi connectivity index (χ0v) is 8.52. The first kappa shape index (κ1) is 11.4. The van der Waals surface area contributed by atoms with E-state index in [1.165, 1.54) is 12.1 Å². The molecule has 78 valence electrons. The van der Waals surface area contributed by atoms with Crippen molar-refractivity contribution in [2.24, 2.45) is 0 Å². The van der Waals surface area contributed by atoms with Gasteiger partial charge < -0.3 is 10.4 Å². The fourth-order valence-corrected chi connectivity index (χ4v) is 1.36. The maximum Gasteiger partial charge on any atom is 0.126 e. The zero-order chi connectivity index (χ0) is 10.4. The Balaban J connectivity index is 2.45. The second-order valence-electron chi connectivity index (χ2n) is 2.96. The standard InChI is InChI=1S/C10H13ClFNO/c11-9-1-2-10(12)8(7-9)3-4-13-5-6-14/h1-2,7,13-14H,3-6H2. The minimum absolute atomic E-state index is 0.0953. The number of benzene rings is 1. The lowest BCUT2D eigenvalue weighted by Crippen LogP contribution is -2.21. The van der Waals surface area contributed by atoms with Crippen LogP contribution in [0.1, 0.15) is 5.56 Å². The lowest BCUT2D eigenvalue weighted by molar-refractivity contribution is 0.292. The summed E-state index contributed by atoms with van der Waals surface area (Å²) in [4.78, 5) is 0. The minimum Gasteiger partial charge on any atom is -0.395 e. The van der Waals surface area contributed by atoms with Crippen molar-refractivity contribution in [1.82, 2.24) is 5.32 Å². The first-order valence-corrected chi connectivity index (χ1v) is 4.87. The number of aliphatic hydroxyl groups excluding tert-OH is 1. The van der Waals surface area contributed by atoms with Crippen molar-refractivity contribution in [1.29, 1.82) is 0 Å². The molecule has 0 saturated heterocycles. The topological polar surface area (TPSA) is 32.3 Å². The average molecular weight is 218 g/mol. The van der Waals surface area contributed by atoms with Gasteiger partial charge in [0.15, 0.2) is 0 Å². The van der Waals surface area contributed by atoms with E-state index in [4.69, 9.17) is 16.7 Å². The molecule has 0 bridgehead atoms. The molecule has 1 rings (SSSR count). The van der Waals surface area contributed by atoms with Crippen LogP contribution in [0.15, 0.2) is 18.2 Å². The lowest BCUT2D eigenvalue weighted by Gasteiger charge is -2.04. The predicted molar refractivity (Wildman–Crippen MR) is 55.1 cm³/mol. The quantitative estimate of drug-likeness (QED) is 0.735. The van der Waals surface area contributed by atoms with Crippen LogP contribution in [0, 0.1) is 5.82 Å². The van der Waals surface area contributed by atoms with Gasteiger partial charge in [-0.2, -0.15) is 0 Å². The molecule has 0 aromatic heterocycles. The van der Waals surface area contributed by atoms with Crippen molar-refractivity contribution in [3.05, 3.63) is 34.6 Å². The second-order valence-corrected chi connectivity index (χ2v) is 3.40. The van der Waals surface area contributed by atoms with E-state index in [0.717, 1.165) is 0 Å². The fourth-order valence-electron chi connectivity index (χ4n) is 1.16. The molecule has 0 aliphatic heterocycles. The third kappa shape index (κ3) is 3.62. The maximum atomic E-state index is 13.1. The molecule has 1 aromatic rings. The summed E-state index contributed by atoms with van der Waals surface area (Å²) in [5.41, 5.74) is 0.600. The van der Waals surface area contributed by atoms with Gasteiger partial charge in [-0.15, -0.1) is 0 Å². The summed E-state index contributed by atoms with van der Waals surface area (Å²) in [5.74, 6) is -0.236. The Bertz CT molecular complexity index is 293. The van der Waals surface area contributed by atoms with Crippen LogP contribution in [0.3, 0.4) is 0 Å². The highest BCUT2D eigenvalue weighted by Gasteiger charge is 2.01. The van der Waals surface area contributed by atoms with Crippen molar-refractivity contribution in [3.63, 3.8) is 0 Å². The highest BCUT2D eigenvalue weighted by atomic mass is 35.5. The Labute approximate surface area is 87.7 Å². The van der Waals surface area contributed by atoms with E-state index in [0.29, 0.717) is 30.1 Å². The molecule has 0 spiro atoms. The molecule has 0 saturated carbocycles. The molecular formula is C10H13ClFNO. The van der Waals surface area contributed by atoms with E-state index in [1.807, 2.05) is 0 Å². The van der Waals surface area contributed by atoms with E-state index in [-0.39, 0.29) is 12.4 Å². The van der Waals surface area contributed by atoms with Gasteiger partial charge in [0.05, 0.1) is 6.61 Å². The zero-order valence-electron chi connectivity index (χ0n) is 7.76. The van der Waals surface area contributed by atoms with Crippen LogP contribution < -0.4 is 5.32 Å². The first-order valence-electron chi connectivity index (χ1n) is 4.49. The van der Waals surface area contributed by atoms with Crippen LogP contribution in [0.4, 0.5) is 4.39 Å². The lowest BCUT2D eigenvalue weighted by atomic mass is 10.1. The van der Waals surface area contributed by atoms with Crippen molar-refractivity contribution in [2.45, 2.75) is 6.42 Å². The third-order valence-corrected chi connectivity index (χ3v) is 2.10. The normalized spacial score (nSPS) is 10.5. The Morgan fingerprint density at radius 1 is 1.36 bits per heavy atom. The van der Waals surface area contributed by atoms with Crippen molar-refractivity contribution in [2.75, 3.05) is 19.7 Å². The molecule has 0 aliphatic carbocycles. The average Bonchev–Trinajstić information content (AvgIpc) is 2.18. The van der Waals surface area contributed by atoms with E-state index in [9.17, 15) is 4.39 Å². The van der Waals surface area contributed by atoms with Crippen LogP contribution in [0.2, 0.25) is 5.02 Å². The molecule has 14 heavy (non-hydrogen) atoms. The first-order chi connectivity index (χ1) is 6.74. The minimum atomic E-state index is -0.236. The monoisotopic (exact) mass is 217 g/mol. The maximum absolute atomic E-state index is 13.1. The number of hydrogen-bond donors (Lipinski definition) is 2. The SMILES string of the molecule is OCCNCCc1cc(Cl)ccc1F. The summed E-state index contributed by atoms with van der Waals surface area (Å²) >= 11 is 5.73. The molecule has 2 N–H and O–H groups in total. The van der Waals surface area contributed by atoms with Crippen LogP contribution >= 0.6 is 11.6 Å². The van der Waals surface area contributed by atoms with Crippen LogP contribution in [0.25, 0.3) is 0 Å². The van der Waals surface area contributed by atoms with Crippen LogP contribution in [-0.2, 0) is 6.42 Å². The largest absolute Gasteiger partial charge is 0.395 e. The molecule has 4 heteroatoms. The van der Waals surface area contributed by atoms with Crippen molar-refractivity contribution in [3.8, 4) is 0 Å². The molecule has 0 unspecified atom stereocenters. The number of rotatable bonds is 5. The molecule has 0 aliphatic rings. The molecule has 0 atom stereocenters. The Hall–Kier alpha value is -0.640. The predicted octanol–water partition coefficient (Wildman–Crippen LogP) is 1.60. The molecule has 0 amide bonds. The number of hydrogen-bond acceptors (Lipinski definition) is 2. The summed E-state index contributed by atoms with van der Waals surface area (Å²) in [5, 5.41) is 12.0. The van der Waals surface area contributed by atoms with Gasteiger partial charge in [-0.1, -0.05) is 11.6 Å². The summed E-state index contributed by atoms with van der Waals surface area (Å²) in [6.45, 7) is 1.26. The Kier molecular flexibility index (Phi) is 4.87. The molecule has 0 fully saturated rings. The van der Waals surface area contributed by atoms with Crippen molar-refractivity contribution < 1.29 is 9.50 Å². The van der Waals surface area contributed by atoms with Gasteiger partial charge in [0.2, 0.25) is 0 Å². The van der Waals surface area contributed by atoms with E-state index in [2.05, 4.69) is 5.32 Å². The Morgan fingerprint density at radius 3 is 2.86 bits per heavy atom. The smallest absolute Gasteiger partial charge is 0.126 e. The molecule has 0 radical (unpaired) electrons. The molecular weight excluding hydrogens is 205 g/mol. The van der Waals surface area contributed by atoms with E-state index < -0.39 is 0 Å². The summed E-state index contributed by atoms with van der Waals surface area (Å²) in [7, 11) is 0. The van der Waals surface area contributed by atoms with Crippen molar-refractivity contribution >= 4 is 11.6 Å². The van der Waals surface area contributed by atoms with Gasteiger partial charge in [-0.25, -0.2) is 4.39 Å². The fraction of sp³-hybridized carbons (Fsp3) is 0.400. The van der Waals surface area contributed by atoms with E-state index in [1.54, 1.807) is 6.07 Å². The van der Waals surface area contributed by atoms with Gasteiger partial charge in [0.25, 0.3) is 0 Å². The number of aliphatic hydroxyl groups is 1. The number of nitrogens with one attached hydrogen (secondary N) is 1. The Morgan fingerprint density at radius 2 is 2.14 bits per heavy atom. The summed E-state index contributed by atoms with van der Waals surface area (Å²) in [6, 6.07) is 4.52. The summed E-state index contributed by atoms with van der Waals surface area (Å²) < 4.78 is 13.1. The second kappa shape index (κ2) is 5.96. The van der Waals surface area contributed by atoms with Crippen LogP contribution in [-0.4, -0.2) is 24.8 Å².